The highest BCUT2D eigenvalue weighted by atomic mass is 31.2. The molecule has 0 rings (SSSR count). The molecule has 0 aromatic rings. The first-order chi connectivity index (χ1) is 39.0. The van der Waals surface area contributed by atoms with E-state index in [0.29, 0.717) is 17.4 Å². The minimum absolute atomic E-state index is 0.0122. The maximum atomic E-state index is 12.8. The summed E-state index contributed by atoms with van der Waals surface area (Å²) in [5.74, 6) is -0.868. The first-order valence-corrected chi connectivity index (χ1v) is 32.4. The Bertz CT molecular complexity index is 1950. The second kappa shape index (κ2) is 59.0. The zero-order valence-electron chi connectivity index (χ0n) is 51.0. The Balaban J connectivity index is 4.30. The van der Waals surface area contributed by atoms with Crippen LogP contribution in [0.5, 0.6) is 0 Å². The summed E-state index contributed by atoms with van der Waals surface area (Å²) in [6, 6.07) is 0. The summed E-state index contributed by atoms with van der Waals surface area (Å²) in [6.45, 7) is 4.12. The molecule has 9 nitrogen and oxygen atoms in total. The molecule has 0 saturated carbocycles. The molecule has 2 unspecified atom stereocenters. The van der Waals surface area contributed by atoms with E-state index < -0.39 is 32.5 Å². The van der Waals surface area contributed by atoms with E-state index in [1.165, 1.54) is 38.5 Å². The van der Waals surface area contributed by atoms with E-state index >= 15 is 0 Å². The molecular formula is C70H113NO8P+. The fourth-order valence-corrected chi connectivity index (χ4v) is 8.30. The third kappa shape index (κ3) is 62.6. The van der Waals surface area contributed by atoms with Gasteiger partial charge in [-0.05, 0) is 128 Å². The van der Waals surface area contributed by atoms with Gasteiger partial charge in [0.2, 0.25) is 0 Å². The maximum Gasteiger partial charge on any atom is 0.472 e. The molecule has 450 valence electrons. The van der Waals surface area contributed by atoms with Crippen molar-refractivity contribution in [1.29, 1.82) is 0 Å². The number of carbonyl (C=O) groups excluding carboxylic acids is 2. The summed E-state index contributed by atoms with van der Waals surface area (Å²) in [7, 11) is 1.42. The summed E-state index contributed by atoms with van der Waals surface area (Å²) in [5.41, 5.74) is 0. The van der Waals surface area contributed by atoms with Gasteiger partial charge in [-0.25, -0.2) is 4.57 Å². The van der Waals surface area contributed by atoms with E-state index in [-0.39, 0.29) is 26.1 Å². The lowest BCUT2D eigenvalue weighted by atomic mass is 10.1. The van der Waals surface area contributed by atoms with Crippen molar-refractivity contribution in [2.45, 2.75) is 213 Å². The van der Waals surface area contributed by atoms with Gasteiger partial charge in [0.1, 0.15) is 19.8 Å². The molecule has 80 heavy (non-hydrogen) atoms. The first-order valence-electron chi connectivity index (χ1n) is 30.9. The Hall–Kier alpha value is -4.63. The van der Waals surface area contributed by atoms with Crippen molar-refractivity contribution in [3.8, 4) is 0 Å². The molecule has 0 aromatic heterocycles. The van der Waals surface area contributed by atoms with Crippen LogP contribution < -0.4 is 0 Å². The van der Waals surface area contributed by atoms with E-state index in [9.17, 15) is 19.0 Å². The van der Waals surface area contributed by atoms with Crippen molar-refractivity contribution in [3.63, 3.8) is 0 Å². The zero-order chi connectivity index (χ0) is 58.4. The van der Waals surface area contributed by atoms with Crippen LogP contribution in [0.1, 0.15) is 206 Å². The summed E-state index contributed by atoms with van der Waals surface area (Å²) in [4.78, 5) is 35.7. The highest BCUT2D eigenvalue weighted by Crippen LogP contribution is 2.43. The Kier molecular flexibility index (Phi) is 55.6. The molecule has 0 saturated heterocycles. The second-order valence-electron chi connectivity index (χ2n) is 21.0. The van der Waals surface area contributed by atoms with Crippen LogP contribution in [0.15, 0.2) is 170 Å². The standard InChI is InChI=1S/C70H112NO8P/c1-6-8-10-12-14-16-18-20-22-24-26-28-30-31-32-33-34-35-36-37-38-39-41-43-45-47-49-51-53-55-57-59-61-63-70(73)79-68(67-78-80(74,75)77-65-64-71(3,4)5)66-76-69(72)62-60-58-56-54-52-50-48-46-44-42-40-29-27-25-23-21-19-17-15-13-11-9-7-2/h8-11,14-17,20-23,26-29,31-32,34-35,37-38,41,43,47,49,53,55,68H,6-7,12-13,18-19,24-25,30,33,36,39-40,42,44-46,48,50-52,54,56-67H2,1-5H3/p+1/b10-8-,11-9-,16-14-,17-15-,22-20-,23-21-,28-26-,29-27-,32-31-,35-34-,38-37-,43-41-,49-47-,55-53-. The van der Waals surface area contributed by atoms with E-state index in [1.54, 1.807) is 0 Å². The predicted molar refractivity (Wildman–Crippen MR) is 343 cm³/mol. The number of unbranched alkanes of at least 4 members (excludes halogenated alkanes) is 12. The van der Waals surface area contributed by atoms with Gasteiger partial charge in [0.05, 0.1) is 27.7 Å². The largest absolute Gasteiger partial charge is 0.472 e. The topological polar surface area (TPSA) is 108 Å². The molecule has 10 heteroatoms. The van der Waals surface area contributed by atoms with Crippen molar-refractivity contribution in [2.24, 2.45) is 0 Å². The highest BCUT2D eigenvalue weighted by molar-refractivity contribution is 7.47. The van der Waals surface area contributed by atoms with Gasteiger partial charge < -0.3 is 18.9 Å². The van der Waals surface area contributed by atoms with Gasteiger partial charge in [-0.2, -0.15) is 0 Å². The van der Waals surface area contributed by atoms with Gasteiger partial charge in [0.15, 0.2) is 6.10 Å². The average Bonchev–Trinajstić information content (AvgIpc) is 3.42. The minimum Gasteiger partial charge on any atom is -0.462 e. The molecule has 0 amide bonds. The molecular weight excluding hydrogens is 1010 g/mol. The van der Waals surface area contributed by atoms with E-state index in [1.807, 2.05) is 21.1 Å². The number of quaternary nitrogens is 1. The molecule has 0 bridgehead atoms. The number of carbonyl (C=O) groups is 2. The summed E-state index contributed by atoms with van der Waals surface area (Å²) in [6.07, 6.45) is 90.0. The lowest BCUT2D eigenvalue weighted by Crippen LogP contribution is -2.37. The second-order valence-corrected chi connectivity index (χ2v) is 22.4. The monoisotopic (exact) mass is 1130 g/mol. The Labute approximate surface area is 489 Å². The van der Waals surface area contributed by atoms with Crippen molar-refractivity contribution >= 4 is 19.8 Å². The van der Waals surface area contributed by atoms with Crippen LogP contribution in [0.2, 0.25) is 0 Å². The zero-order valence-corrected chi connectivity index (χ0v) is 51.9. The van der Waals surface area contributed by atoms with Crippen molar-refractivity contribution in [3.05, 3.63) is 170 Å². The number of likely N-dealkylation sites (N-methyl/N-ethyl adjacent to an activating group) is 1. The molecule has 0 aromatic carbocycles. The van der Waals surface area contributed by atoms with Crippen molar-refractivity contribution < 1.29 is 42.1 Å². The number of phosphoric ester groups is 1. The van der Waals surface area contributed by atoms with Gasteiger partial charge in [-0.3, -0.25) is 18.6 Å². The Morgan fingerprint density at radius 1 is 0.388 bits per heavy atom. The summed E-state index contributed by atoms with van der Waals surface area (Å²) in [5, 5.41) is 0. The van der Waals surface area contributed by atoms with Crippen LogP contribution in [0.25, 0.3) is 0 Å². The third-order valence-electron chi connectivity index (χ3n) is 12.2. The molecule has 0 aliphatic heterocycles. The molecule has 1 N–H and O–H groups in total. The number of allylic oxidation sites excluding steroid dienone is 28. The van der Waals surface area contributed by atoms with Crippen molar-refractivity contribution in [2.75, 3.05) is 47.5 Å². The third-order valence-corrected chi connectivity index (χ3v) is 13.2. The fourth-order valence-electron chi connectivity index (χ4n) is 7.56. The van der Waals surface area contributed by atoms with Crippen LogP contribution in [-0.4, -0.2) is 74.9 Å². The van der Waals surface area contributed by atoms with Crippen LogP contribution in [0, 0.1) is 0 Å². The predicted octanol–water partition coefficient (Wildman–Crippen LogP) is 19.8. The van der Waals surface area contributed by atoms with E-state index in [4.69, 9.17) is 18.5 Å². The van der Waals surface area contributed by atoms with E-state index in [2.05, 4.69) is 184 Å². The number of ether oxygens (including phenoxy) is 2. The average molecular weight is 1130 g/mol. The minimum atomic E-state index is -4.42. The quantitative estimate of drug-likeness (QED) is 0.0211. The molecule has 2 atom stereocenters. The van der Waals surface area contributed by atoms with Gasteiger partial charge in [-0.15, -0.1) is 0 Å². The lowest BCUT2D eigenvalue weighted by molar-refractivity contribution is -0.870. The van der Waals surface area contributed by atoms with Crippen LogP contribution in [0.3, 0.4) is 0 Å². The Morgan fingerprint density at radius 3 is 1.02 bits per heavy atom. The molecule has 0 spiro atoms. The molecule has 0 aliphatic rings. The van der Waals surface area contributed by atoms with Crippen LogP contribution in [-0.2, 0) is 32.7 Å². The van der Waals surface area contributed by atoms with Crippen LogP contribution in [0.4, 0.5) is 0 Å². The highest BCUT2D eigenvalue weighted by Gasteiger charge is 2.27. The smallest absolute Gasteiger partial charge is 0.462 e. The normalized spacial score (nSPS) is 14.4. The number of rotatable bonds is 54. The molecule has 0 radical (unpaired) electrons. The summed E-state index contributed by atoms with van der Waals surface area (Å²) < 4.78 is 34.5. The number of nitrogens with zero attached hydrogens (tertiary/aromatic N) is 1. The first kappa shape index (κ1) is 75.4. The van der Waals surface area contributed by atoms with Gasteiger partial charge >= 0.3 is 19.8 Å². The van der Waals surface area contributed by atoms with Crippen LogP contribution >= 0.6 is 7.82 Å². The van der Waals surface area contributed by atoms with Gasteiger partial charge in [0.25, 0.3) is 0 Å². The summed E-state index contributed by atoms with van der Waals surface area (Å²) >= 11 is 0. The number of phosphoric acid groups is 1. The number of hydrogen-bond donors (Lipinski definition) is 1. The molecule has 0 aliphatic carbocycles. The van der Waals surface area contributed by atoms with E-state index in [0.717, 1.165) is 135 Å². The molecule has 0 fully saturated rings. The molecule has 0 heterocycles. The van der Waals surface area contributed by atoms with Crippen molar-refractivity contribution in [1.82, 2.24) is 0 Å². The fraction of sp³-hybridized carbons (Fsp3) is 0.571. The lowest BCUT2D eigenvalue weighted by Gasteiger charge is -2.24. The maximum absolute atomic E-state index is 12.8. The number of hydrogen-bond acceptors (Lipinski definition) is 7. The SMILES string of the molecule is CC/C=C\C/C=C\C/C=C\C/C=C\C/C=C\C/C=C\C/C=C\C/C=C\C/C=C\C/C=C\CCCCC(=O)OC(COC(=O)CCCCCCCCCCCC/C=C\C/C=C\C/C=C\C/C=C\CC)COP(=O)(O)OCC[N+](C)(C)C. The van der Waals surface area contributed by atoms with Gasteiger partial charge in [0, 0.05) is 12.8 Å². The number of esters is 2. The van der Waals surface area contributed by atoms with Gasteiger partial charge in [-0.1, -0.05) is 235 Å². The Morgan fingerprint density at radius 2 is 0.675 bits per heavy atom.